The van der Waals surface area contributed by atoms with Crippen molar-refractivity contribution >= 4 is 19.8 Å². The molecule has 0 fully saturated rings. The molecule has 0 atom stereocenters. The van der Waals surface area contributed by atoms with Crippen LogP contribution in [0.3, 0.4) is 0 Å². The molecule has 0 radical (unpaired) electrons. The molecule has 154 valence electrons. The molecule has 7 heteroatoms. The molecule has 1 aromatic heterocycles. The highest BCUT2D eigenvalue weighted by Crippen LogP contribution is 2.38. The van der Waals surface area contributed by atoms with Gasteiger partial charge in [-0.2, -0.15) is 0 Å². The van der Waals surface area contributed by atoms with Crippen molar-refractivity contribution in [2.24, 2.45) is 7.05 Å². The number of nitrogens with one attached hydrogen (secondary N) is 1. The van der Waals surface area contributed by atoms with E-state index in [0.717, 1.165) is 11.1 Å². The van der Waals surface area contributed by atoms with Crippen LogP contribution in [0.2, 0.25) is 18.1 Å². The number of hydrogen-bond donors (Lipinski definition) is 2. The molecule has 0 bridgehead atoms. The maximum Gasteiger partial charge on any atom is 0.293 e. The summed E-state index contributed by atoms with van der Waals surface area (Å²) in [4.78, 5) is 17.0. The molecule has 3 N–H and O–H groups in total. The molecule has 0 aliphatic heterocycles. The molecule has 0 spiro atoms. The average Bonchev–Trinajstić information content (AvgIpc) is 2.56. The van der Waals surface area contributed by atoms with E-state index >= 15 is 0 Å². The highest BCUT2D eigenvalue weighted by molar-refractivity contribution is 6.74. The van der Waals surface area contributed by atoms with E-state index in [1.807, 2.05) is 32.0 Å². The Labute approximate surface area is 169 Å². The minimum absolute atomic E-state index is 0.109. The summed E-state index contributed by atoms with van der Waals surface area (Å²) in [6.45, 7) is 15.5. The fourth-order valence-corrected chi connectivity index (χ4v) is 3.52. The highest BCUT2D eigenvalue weighted by atomic mass is 28.4. The number of nitrogens with two attached hydrogens (primary N) is 1. The zero-order valence-electron chi connectivity index (χ0n) is 18.4. The van der Waals surface area contributed by atoms with Crippen LogP contribution in [0.1, 0.15) is 40.2 Å². The average molecular weight is 403 g/mol. The number of aryl methyl sites for hydroxylation is 1. The third-order valence-corrected chi connectivity index (χ3v) is 9.85. The van der Waals surface area contributed by atoms with E-state index in [9.17, 15) is 4.79 Å². The lowest BCUT2D eigenvalue weighted by Gasteiger charge is -2.36. The summed E-state index contributed by atoms with van der Waals surface area (Å²) in [7, 11) is -0.197. The lowest BCUT2D eigenvalue weighted by molar-refractivity contribution is 0.277. The minimum Gasteiger partial charge on any atom is -0.412 e. The molecule has 6 nitrogen and oxygen atoms in total. The van der Waals surface area contributed by atoms with Gasteiger partial charge in [0.05, 0.1) is 12.3 Å². The van der Waals surface area contributed by atoms with Crippen LogP contribution in [-0.4, -0.2) is 23.9 Å². The summed E-state index contributed by atoms with van der Waals surface area (Å²) in [5.74, 6) is 0.341. The molecule has 0 aliphatic carbocycles. The van der Waals surface area contributed by atoms with Crippen LogP contribution in [0.15, 0.2) is 29.2 Å². The van der Waals surface area contributed by atoms with Crippen LogP contribution in [0.5, 0.6) is 0 Å². The standard InChI is InChI=1S/C21H34N4O2Si/c1-14(2)23-19-20(26)25(6)12-18(24-19)15-10-9-11-17(22)16(15)13-27-28(7,8)21(3,4)5/h9-12,14H,13,22H2,1-8H3,(H,23,24). The first-order valence-electron chi connectivity index (χ1n) is 9.69. The molecule has 2 aromatic rings. The third kappa shape index (κ3) is 4.83. The predicted molar refractivity (Wildman–Crippen MR) is 120 cm³/mol. The second-order valence-electron chi connectivity index (χ2n) is 9.11. The van der Waals surface area contributed by atoms with Gasteiger partial charge in [0.25, 0.3) is 5.56 Å². The van der Waals surface area contributed by atoms with E-state index in [0.29, 0.717) is 23.8 Å². The third-order valence-electron chi connectivity index (χ3n) is 5.37. The molecule has 0 amide bonds. The van der Waals surface area contributed by atoms with E-state index in [-0.39, 0.29) is 16.6 Å². The molecule has 0 unspecified atom stereocenters. The van der Waals surface area contributed by atoms with Gasteiger partial charge in [-0.1, -0.05) is 32.9 Å². The second kappa shape index (κ2) is 8.09. The fourth-order valence-electron chi connectivity index (χ4n) is 2.58. The maximum absolute atomic E-state index is 12.4. The summed E-state index contributed by atoms with van der Waals surface area (Å²) in [5, 5.41) is 3.25. The van der Waals surface area contributed by atoms with Gasteiger partial charge in [-0.05, 0) is 38.0 Å². The Morgan fingerprint density at radius 3 is 2.50 bits per heavy atom. The molecule has 0 saturated heterocycles. The van der Waals surface area contributed by atoms with Gasteiger partial charge in [0.2, 0.25) is 0 Å². The van der Waals surface area contributed by atoms with Crippen molar-refractivity contribution in [1.29, 1.82) is 0 Å². The molecule has 28 heavy (non-hydrogen) atoms. The van der Waals surface area contributed by atoms with Crippen LogP contribution in [0.4, 0.5) is 11.5 Å². The Bertz CT molecular complexity index is 898. The Balaban J connectivity index is 2.50. The van der Waals surface area contributed by atoms with E-state index < -0.39 is 8.32 Å². The van der Waals surface area contributed by atoms with Crippen molar-refractivity contribution < 1.29 is 4.43 Å². The van der Waals surface area contributed by atoms with Crippen molar-refractivity contribution in [3.05, 3.63) is 40.3 Å². The van der Waals surface area contributed by atoms with Gasteiger partial charge in [0.1, 0.15) is 0 Å². The van der Waals surface area contributed by atoms with Gasteiger partial charge < -0.3 is 20.0 Å². The van der Waals surface area contributed by atoms with Crippen LogP contribution < -0.4 is 16.6 Å². The predicted octanol–water partition coefficient (Wildman–Crippen LogP) is 4.37. The number of nitrogens with zero attached hydrogens (tertiary/aromatic N) is 2. The topological polar surface area (TPSA) is 82.2 Å². The van der Waals surface area contributed by atoms with Crippen molar-refractivity contribution in [3.8, 4) is 11.3 Å². The zero-order chi connectivity index (χ0) is 21.3. The number of hydrogen-bond acceptors (Lipinski definition) is 5. The number of anilines is 2. The number of aromatic nitrogens is 2. The Morgan fingerprint density at radius 1 is 1.29 bits per heavy atom. The summed E-state index contributed by atoms with van der Waals surface area (Å²) < 4.78 is 7.97. The molecule has 1 heterocycles. The van der Waals surface area contributed by atoms with E-state index in [2.05, 4.69) is 44.2 Å². The lowest BCUT2D eigenvalue weighted by atomic mass is 10.0. The fraction of sp³-hybridized carbons (Fsp3) is 0.524. The lowest BCUT2D eigenvalue weighted by Crippen LogP contribution is -2.40. The van der Waals surface area contributed by atoms with Crippen LogP contribution in [0.25, 0.3) is 11.3 Å². The van der Waals surface area contributed by atoms with Gasteiger partial charge in [-0.15, -0.1) is 0 Å². The van der Waals surface area contributed by atoms with Crippen LogP contribution >= 0.6 is 0 Å². The largest absolute Gasteiger partial charge is 0.412 e. The van der Waals surface area contributed by atoms with Crippen molar-refractivity contribution in [2.75, 3.05) is 11.1 Å². The maximum atomic E-state index is 12.4. The number of nitrogen functional groups attached to an aromatic ring is 1. The normalized spacial score (nSPS) is 12.5. The van der Waals surface area contributed by atoms with Crippen molar-refractivity contribution in [2.45, 2.75) is 65.4 Å². The van der Waals surface area contributed by atoms with E-state index in [4.69, 9.17) is 10.2 Å². The Kier molecular flexibility index (Phi) is 6.40. The highest BCUT2D eigenvalue weighted by Gasteiger charge is 2.37. The summed E-state index contributed by atoms with van der Waals surface area (Å²) in [6, 6.07) is 5.87. The van der Waals surface area contributed by atoms with Gasteiger partial charge in [0, 0.05) is 36.1 Å². The van der Waals surface area contributed by atoms with Gasteiger partial charge in [0.15, 0.2) is 14.1 Å². The number of rotatable bonds is 6. The van der Waals surface area contributed by atoms with E-state index in [1.54, 1.807) is 17.8 Å². The van der Waals surface area contributed by atoms with E-state index in [1.165, 1.54) is 0 Å². The Hall–Kier alpha value is -2.12. The monoisotopic (exact) mass is 402 g/mol. The van der Waals surface area contributed by atoms with Crippen molar-refractivity contribution in [3.63, 3.8) is 0 Å². The van der Waals surface area contributed by atoms with Crippen molar-refractivity contribution in [1.82, 2.24) is 9.55 Å². The smallest absolute Gasteiger partial charge is 0.293 e. The Morgan fingerprint density at radius 2 is 1.93 bits per heavy atom. The zero-order valence-corrected chi connectivity index (χ0v) is 19.4. The summed E-state index contributed by atoms with van der Waals surface area (Å²) >= 11 is 0. The van der Waals surface area contributed by atoms with Gasteiger partial charge in [-0.3, -0.25) is 4.79 Å². The second-order valence-corrected chi connectivity index (χ2v) is 13.9. The molecule has 2 rings (SSSR count). The van der Waals surface area contributed by atoms with Gasteiger partial charge in [-0.25, -0.2) is 4.98 Å². The van der Waals surface area contributed by atoms with Gasteiger partial charge >= 0.3 is 0 Å². The van der Waals surface area contributed by atoms with Crippen LogP contribution in [-0.2, 0) is 18.1 Å². The molecule has 0 aliphatic rings. The minimum atomic E-state index is -1.93. The summed E-state index contributed by atoms with van der Waals surface area (Å²) in [5.41, 5.74) is 9.33. The first-order chi connectivity index (χ1) is 12.8. The number of benzene rings is 1. The molecular weight excluding hydrogens is 368 g/mol. The SMILES string of the molecule is CC(C)Nc1nc(-c2cccc(N)c2CO[Si](C)(C)C(C)(C)C)cn(C)c1=O. The molecule has 0 saturated carbocycles. The molecule has 1 aromatic carbocycles. The van der Waals surface area contributed by atoms with Crippen LogP contribution in [0, 0.1) is 0 Å². The summed E-state index contributed by atoms with van der Waals surface area (Å²) in [6.07, 6.45) is 1.75. The quantitative estimate of drug-likeness (QED) is 0.554. The first kappa shape index (κ1) is 22.2. The first-order valence-corrected chi connectivity index (χ1v) is 12.6. The molecular formula is C21H34N4O2Si.